The molecule has 7 heteroatoms. The van der Waals surface area contributed by atoms with Gasteiger partial charge in [-0.3, -0.25) is 10.1 Å². The van der Waals surface area contributed by atoms with Crippen LogP contribution in [0.25, 0.3) is 0 Å². The number of pyridine rings is 1. The minimum absolute atomic E-state index is 0.0889. The Morgan fingerprint density at radius 2 is 2.15 bits per heavy atom. The maximum atomic E-state index is 11.7. The summed E-state index contributed by atoms with van der Waals surface area (Å²) in [7, 11) is 1.29. The van der Waals surface area contributed by atoms with E-state index < -0.39 is 16.9 Å². The standard InChI is InChI=1S/C13H19N3O4/c1-8(2)7-10(13(17)20-4)15-12-11(16(18)19)6-5-9(3)14-12/h5-6,8,10H,7H2,1-4H3,(H,14,15). The lowest BCUT2D eigenvalue weighted by Crippen LogP contribution is -2.32. The molecule has 1 unspecified atom stereocenters. The predicted octanol–water partition coefficient (Wildman–Crippen LogP) is 2.30. The number of aromatic nitrogens is 1. The molecule has 0 bridgehead atoms. The zero-order valence-electron chi connectivity index (χ0n) is 12.0. The SMILES string of the molecule is COC(=O)C(CC(C)C)Nc1nc(C)ccc1[N+](=O)[O-]. The molecule has 20 heavy (non-hydrogen) atoms. The Balaban J connectivity index is 3.06. The average Bonchev–Trinajstić information content (AvgIpc) is 2.36. The van der Waals surface area contributed by atoms with Gasteiger partial charge in [-0.15, -0.1) is 0 Å². The Morgan fingerprint density at radius 1 is 1.50 bits per heavy atom. The van der Waals surface area contributed by atoms with Gasteiger partial charge in [0.15, 0.2) is 0 Å². The number of anilines is 1. The highest BCUT2D eigenvalue weighted by Gasteiger charge is 2.25. The smallest absolute Gasteiger partial charge is 0.328 e. The minimum atomic E-state index is -0.659. The molecule has 0 amide bonds. The highest BCUT2D eigenvalue weighted by molar-refractivity contribution is 5.79. The third kappa shape index (κ3) is 4.18. The van der Waals surface area contributed by atoms with E-state index in [4.69, 9.17) is 4.74 Å². The first-order chi connectivity index (χ1) is 9.35. The molecule has 1 aromatic heterocycles. The van der Waals surface area contributed by atoms with Crippen molar-refractivity contribution in [2.45, 2.75) is 33.2 Å². The Morgan fingerprint density at radius 3 is 2.65 bits per heavy atom. The lowest BCUT2D eigenvalue weighted by atomic mass is 10.0. The summed E-state index contributed by atoms with van der Waals surface area (Å²) >= 11 is 0. The molecule has 0 aliphatic heterocycles. The number of carbonyl (C=O) groups excluding carboxylic acids is 1. The minimum Gasteiger partial charge on any atom is -0.467 e. The summed E-state index contributed by atoms with van der Waals surface area (Å²) in [4.78, 5) is 26.3. The van der Waals surface area contributed by atoms with Gasteiger partial charge < -0.3 is 10.1 Å². The van der Waals surface area contributed by atoms with E-state index in [-0.39, 0.29) is 17.4 Å². The molecule has 0 saturated carbocycles. The first kappa shape index (κ1) is 15.9. The number of esters is 1. The largest absolute Gasteiger partial charge is 0.467 e. The van der Waals surface area contributed by atoms with Gasteiger partial charge in [0.05, 0.1) is 12.0 Å². The van der Waals surface area contributed by atoms with E-state index in [9.17, 15) is 14.9 Å². The number of nitrogens with zero attached hydrogens (tertiary/aromatic N) is 2. The molecule has 0 aliphatic rings. The lowest BCUT2D eigenvalue weighted by Gasteiger charge is -2.18. The van der Waals surface area contributed by atoms with Crippen molar-refractivity contribution in [2.75, 3.05) is 12.4 Å². The first-order valence-corrected chi connectivity index (χ1v) is 6.31. The monoisotopic (exact) mass is 281 g/mol. The van der Waals surface area contributed by atoms with Crippen molar-refractivity contribution in [3.8, 4) is 0 Å². The van der Waals surface area contributed by atoms with Gasteiger partial charge >= 0.3 is 11.7 Å². The fraction of sp³-hybridized carbons (Fsp3) is 0.538. The molecule has 1 N–H and O–H groups in total. The first-order valence-electron chi connectivity index (χ1n) is 6.31. The molecule has 0 aliphatic carbocycles. The second kappa shape index (κ2) is 6.83. The van der Waals surface area contributed by atoms with Crippen molar-refractivity contribution in [3.63, 3.8) is 0 Å². The predicted molar refractivity (Wildman–Crippen MR) is 74.5 cm³/mol. The fourth-order valence-corrected chi connectivity index (χ4v) is 1.80. The number of hydrogen-bond donors (Lipinski definition) is 1. The molecule has 0 spiro atoms. The molecule has 0 radical (unpaired) electrons. The van der Waals surface area contributed by atoms with Crippen LogP contribution < -0.4 is 5.32 Å². The summed E-state index contributed by atoms with van der Waals surface area (Å²) in [5, 5.41) is 13.8. The van der Waals surface area contributed by atoms with Crippen LogP contribution in [-0.2, 0) is 9.53 Å². The summed E-state index contributed by atoms with van der Waals surface area (Å²) in [6, 6.07) is 2.26. The van der Waals surface area contributed by atoms with Crippen LogP contribution in [0.4, 0.5) is 11.5 Å². The topological polar surface area (TPSA) is 94.4 Å². The Kier molecular flexibility index (Phi) is 5.42. The number of methoxy groups -OCH3 is 1. The van der Waals surface area contributed by atoms with E-state index in [2.05, 4.69) is 10.3 Å². The lowest BCUT2D eigenvalue weighted by molar-refractivity contribution is -0.384. The van der Waals surface area contributed by atoms with Crippen LogP contribution in [0.5, 0.6) is 0 Å². The molecule has 7 nitrogen and oxygen atoms in total. The van der Waals surface area contributed by atoms with Crippen molar-refractivity contribution in [1.82, 2.24) is 4.98 Å². The van der Waals surface area contributed by atoms with E-state index in [1.165, 1.54) is 13.2 Å². The molecule has 1 atom stereocenters. The quantitative estimate of drug-likeness (QED) is 0.488. The second-order valence-electron chi connectivity index (χ2n) is 4.93. The Hall–Kier alpha value is -2.18. The summed E-state index contributed by atoms with van der Waals surface area (Å²) < 4.78 is 4.72. The molecule has 0 fully saturated rings. The van der Waals surface area contributed by atoms with Crippen molar-refractivity contribution in [2.24, 2.45) is 5.92 Å². The summed E-state index contributed by atoms with van der Waals surface area (Å²) in [5.41, 5.74) is 0.472. The molecule has 0 saturated heterocycles. The normalized spacial score (nSPS) is 12.1. The van der Waals surface area contributed by atoms with Crippen molar-refractivity contribution in [3.05, 3.63) is 27.9 Å². The molecule has 110 valence electrons. The van der Waals surface area contributed by atoms with Gasteiger partial charge in [-0.1, -0.05) is 13.8 Å². The van der Waals surface area contributed by atoms with Gasteiger partial charge in [0, 0.05) is 11.8 Å². The molecule has 1 aromatic rings. The van der Waals surface area contributed by atoms with Gasteiger partial charge in [0.1, 0.15) is 6.04 Å². The van der Waals surface area contributed by atoms with Gasteiger partial charge in [-0.05, 0) is 25.3 Å². The van der Waals surface area contributed by atoms with Gasteiger partial charge in [-0.25, -0.2) is 9.78 Å². The second-order valence-corrected chi connectivity index (χ2v) is 4.93. The van der Waals surface area contributed by atoms with E-state index in [0.29, 0.717) is 12.1 Å². The van der Waals surface area contributed by atoms with Gasteiger partial charge in [0.25, 0.3) is 0 Å². The number of ether oxygens (including phenoxy) is 1. The highest BCUT2D eigenvalue weighted by atomic mass is 16.6. The number of nitro groups is 1. The van der Waals surface area contributed by atoms with Gasteiger partial charge in [0.2, 0.25) is 5.82 Å². The average molecular weight is 281 g/mol. The van der Waals surface area contributed by atoms with Crippen molar-refractivity contribution < 1.29 is 14.5 Å². The van der Waals surface area contributed by atoms with Crippen LogP contribution in [0.2, 0.25) is 0 Å². The van der Waals surface area contributed by atoms with Crippen LogP contribution in [0.15, 0.2) is 12.1 Å². The molecule has 0 aromatic carbocycles. The van der Waals surface area contributed by atoms with Crippen LogP contribution >= 0.6 is 0 Å². The Bertz CT molecular complexity index is 502. The number of nitrogens with one attached hydrogen (secondary N) is 1. The van der Waals surface area contributed by atoms with E-state index in [1.54, 1.807) is 13.0 Å². The molecular weight excluding hydrogens is 262 g/mol. The summed E-state index contributed by atoms with van der Waals surface area (Å²) in [6.07, 6.45) is 0.499. The number of aryl methyl sites for hydroxylation is 1. The molecule has 1 heterocycles. The zero-order valence-corrected chi connectivity index (χ0v) is 12.0. The third-order valence-corrected chi connectivity index (χ3v) is 2.71. The summed E-state index contributed by atoms with van der Waals surface area (Å²) in [5.74, 6) is -0.141. The van der Waals surface area contributed by atoms with Crippen molar-refractivity contribution in [1.29, 1.82) is 0 Å². The van der Waals surface area contributed by atoms with E-state index >= 15 is 0 Å². The maximum absolute atomic E-state index is 11.7. The van der Waals surface area contributed by atoms with Crippen LogP contribution in [0.1, 0.15) is 26.0 Å². The highest BCUT2D eigenvalue weighted by Crippen LogP contribution is 2.24. The van der Waals surface area contributed by atoms with Gasteiger partial charge in [-0.2, -0.15) is 0 Å². The molecular formula is C13H19N3O4. The zero-order chi connectivity index (χ0) is 15.3. The van der Waals surface area contributed by atoms with Crippen LogP contribution in [0, 0.1) is 23.0 Å². The van der Waals surface area contributed by atoms with E-state index in [1.807, 2.05) is 13.8 Å². The maximum Gasteiger partial charge on any atom is 0.328 e. The molecule has 1 rings (SSSR count). The third-order valence-electron chi connectivity index (χ3n) is 2.71. The Labute approximate surface area is 117 Å². The van der Waals surface area contributed by atoms with Crippen molar-refractivity contribution >= 4 is 17.5 Å². The number of hydrogen-bond acceptors (Lipinski definition) is 6. The van der Waals surface area contributed by atoms with E-state index in [0.717, 1.165) is 0 Å². The van der Waals surface area contributed by atoms with Crippen LogP contribution in [0.3, 0.4) is 0 Å². The van der Waals surface area contributed by atoms with Crippen LogP contribution in [-0.4, -0.2) is 29.0 Å². The number of rotatable bonds is 6. The summed E-state index contributed by atoms with van der Waals surface area (Å²) in [6.45, 7) is 5.63. The number of carbonyl (C=O) groups is 1. The fourth-order valence-electron chi connectivity index (χ4n) is 1.80.